The van der Waals surface area contributed by atoms with E-state index in [1.807, 2.05) is 6.07 Å². The molecule has 0 fully saturated rings. The van der Waals surface area contributed by atoms with Gasteiger partial charge in [0.2, 0.25) is 0 Å². The first-order chi connectivity index (χ1) is 7.67. The minimum atomic E-state index is -0.420. The molecule has 1 aromatic rings. The smallest absolute Gasteiger partial charge is 0.315 e. The minimum Gasteiger partial charge on any atom is -0.468 e. The van der Waals surface area contributed by atoms with Gasteiger partial charge in [0.05, 0.1) is 24.5 Å². The highest BCUT2D eigenvalue weighted by Crippen LogP contribution is 2.16. The number of carbonyl (C=O) groups excluding carboxylic acids is 1. The number of halogens is 1. The quantitative estimate of drug-likeness (QED) is 0.755. The van der Waals surface area contributed by atoms with Crippen LogP contribution in [-0.4, -0.2) is 18.8 Å². The molecule has 0 atom stereocenters. The van der Waals surface area contributed by atoms with Gasteiger partial charge in [0.15, 0.2) is 0 Å². The van der Waals surface area contributed by atoms with Crippen molar-refractivity contribution in [3.05, 3.63) is 35.1 Å². The van der Waals surface area contributed by atoms with Gasteiger partial charge in [0.1, 0.15) is 5.82 Å². The molecule has 0 spiro atoms. The Morgan fingerprint density at radius 3 is 2.94 bits per heavy atom. The van der Waals surface area contributed by atoms with Crippen molar-refractivity contribution in [1.29, 1.82) is 5.26 Å². The van der Waals surface area contributed by atoms with Crippen molar-refractivity contribution in [2.75, 3.05) is 12.9 Å². The monoisotopic (exact) mass is 239 g/mol. The fourth-order valence-corrected chi connectivity index (χ4v) is 1.88. The zero-order valence-corrected chi connectivity index (χ0v) is 9.51. The standard InChI is InChI=1S/C11H10FNO2S/c1-15-11(14)7-16-6-9-3-2-8(5-13)4-10(9)12/h2-4H,6-7H2,1H3. The second-order valence-electron chi connectivity index (χ2n) is 2.99. The Labute approximate surface area is 97.2 Å². The number of hydrogen-bond acceptors (Lipinski definition) is 4. The van der Waals surface area contributed by atoms with E-state index in [4.69, 9.17) is 5.26 Å². The first kappa shape index (κ1) is 12.5. The minimum absolute atomic E-state index is 0.190. The second-order valence-corrected chi connectivity index (χ2v) is 3.97. The molecule has 0 aliphatic carbocycles. The summed E-state index contributed by atoms with van der Waals surface area (Å²) in [6.45, 7) is 0. The van der Waals surface area contributed by atoms with Crippen LogP contribution in [0.25, 0.3) is 0 Å². The predicted octanol–water partition coefficient (Wildman–Crippen LogP) is 2.10. The Bertz CT molecular complexity index is 428. The summed E-state index contributed by atoms with van der Waals surface area (Å²) in [6.07, 6.45) is 0. The lowest BCUT2D eigenvalue weighted by Gasteiger charge is -2.02. The molecule has 0 aliphatic heterocycles. The molecule has 0 amide bonds. The van der Waals surface area contributed by atoms with Crippen molar-refractivity contribution < 1.29 is 13.9 Å². The first-order valence-electron chi connectivity index (χ1n) is 4.50. The van der Waals surface area contributed by atoms with Crippen molar-refractivity contribution in [3.63, 3.8) is 0 Å². The number of nitriles is 1. The van der Waals surface area contributed by atoms with Crippen LogP contribution in [-0.2, 0) is 15.3 Å². The predicted molar refractivity (Wildman–Crippen MR) is 59.3 cm³/mol. The SMILES string of the molecule is COC(=O)CSCc1ccc(C#N)cc1F. The lowest BCUT2D eigenvalue weighted by atomic mass is 10.1. The van der Waals surface area contributed by atoms with Crippen molar-refractivity contribution in [1.82, 2.24) is 0 Å². The van der Waals surface area contributed by atoms with Gasteiger partial charge in [-0.1, -0.05) is 6.07 Å². The number of rotatable bonds is 4. The number of nitrogens with zero attached hydrogens (tertiary/aromatic N) is 1. The van der Waals surface area contributed by atoms with E-state index >= 15 is 0 Å². The molecule has 0 saturated heterocycles. The molecular weight excluding hydrogens is 229 g/mol. The second kappa shape index (κ2) is 6.13. The highest BCUT2D eigenvalue weighted by Gasteiger charge is 2.05. The third-order valence-corrected chi connectivity index (χ3v) is 2.84. The molecule has 0 bridgehead atoms. The van der Waals surface area contributed by atoms with Crippen LogP contribution in [0.3, 0.4) is 0 Å². The van der Waals surface area contributed by atoms with Crippen molar-refractivity contribution >= 4 is 17.7 Å². The summed E-state index contributed by atoms with van der Waals surface area (Å²) in [5.41, 5.74) is 0.770. The van der Waals surface area contributed by atoms with Crippen LogP contribution in [0, 0.1) is 17.1 Å². The summed E-state index contributed by atoms with van der Waals surface area (Å²) in [4.78, 5) is 10.8. The fraction of sp³-hybridized carbons (Fsp3) is 0.273. The van der Waals surface area contributed by atoms with Crippen LogP contribution >= 0.6 is 11.8 Å². The summed E-state index contributed by atoms with van der Waals surface area (Å²) < 4.78 is 17.8. The Morgan fingerprint density at radius 2 is 2.38 bits per heavy atom. The van der Waals surface area contributed by atoms with E-state index in [1.165, 1.54) is 24.9 Å². The average molecular weight is 239 g/mol. The van der Waals surface area contributed by atoms with Crippen molar-refractivity contribution in [3.8, 4) is 6.07 Å². The Hall–Kier alpha value is -1.54. The van der Waals surface area contributed by atoms with Gasteiger partial charge in [-0.3, -0.25) is 4.79 Å². The van der Waals surface area contributed by atoms with Crippen LogP contribution in [0.5, 0.6) is 0 Å². The topological polar surface area (TPSA) is 50.1 Å². The van der Waals surface area contributed by atoms with E-state index in [0.29, 0.717) is 16.9 Å². The molecule has 0 unspecified atom stereocenters. The molecule has 0 saturated carbocycles. The molecule has 0 radical (unpaired) electrons. The zero-order chi connectivity index (χ0) is 12.0. The summed E-state index contributed by atoms with van der Waals surface area (Å²) in [5, 5.41) is 8.55. The molecule has 0 heterocycles. The maximum absolute atomic E-state index is 13.4. The molecule has 1 aromatic carbocycles. The third-order valence-electron chi connectivity index (χ3n) is 1.89. The highest BCUT2D eigenvalue weighted by molar-refractivity contribution is 7.99. The molecule has 0 aromatic heterocycles. The Balaban J connectivity index is 2.55. The Kier molecular flexibility index (Phi) is 4.80. The van der Waals surface area contributed by atoms with Gasteiger partial charge in [-0.15, -0.1) is 11.8 Å². The molecule has 0 N–H and O–H groups in total. The van der Waals surface area contributed by atoms with Gasteiger partial charge in [-0.05, 0) is 17.7 Å². The molecule has 3 nitrogen and oxygen atoms in total. The lowest BCUT2D eigenvalue weighted by Crippen LogP contribution is -2.03. The van der Waals surface area contributed by atoms with Crippen molar-refractivity contribution in [2.24, 2.45) is 0 Å². The number of methoxy groups -OCH3 is 1. The largest absolute Gasteiger partial charge is 0.468 e. The van der Waals surface area contributed by atoms with Crippen LogP contribution in [0.2, 0.25) is 0 Å². The van der Waals surface area contributed by atoms with E-state index in [2.05, 4.69) is 4.74 Å². The van der Waals surface area contributed by atoms with Gasteiger partial charge < -0.3 is 4.74 Å². The maximum Gasteiger partial charge on any atom is 0.315 e. The number of esters is 1. The van der Waals surface area contributed by atoms with Gasteiger partial charge >= 0.3 is 5.97 Å². The van der Waals surface area contributed by atoms with E-state index < -0.39 is 5.82 Å². The van der Waals surface area contributed by atoms with Crippen LogP contribution in [0.15, 0.2) is 18.2 Å². The van der Waals surface area contributed by atoms with Gasteiger partial charge in [-0.25, -0.2) is 4.39 Å². The molecule has 1 rings (SSSR count). The Morgan fingerprint density at radius 1 is 1.62 bits per heavy atom. The number of carbonyl (C=O) groups is 1. The van der Waals surface area contributed by atoms with Crippen LogP contribution in [0.4, 0.5) is 4.39 Å². The molecule has 0 aliphatic rings. The maximum atomic E-state index is 13.4. The van der Waals surface area contributed by atoms with Gasteiger partial charge in [-0.2, -0.15) is 5.26 Å². The number of benzene rings is 1. The summed E-state index contributed by atoms with van der Waals surface area (Å²) >= 11 is 1.27. The molecule has 84 valence electrons. The molecule has 16 heavy (non-hydrogen) atoms. The lowest BCUT2D eigenvalue weighted by molar-refractivity contribution is -0.137. The van der Waals surface area contributed by atoms with Crippen LogP contribution in [0.1, 0.15) is 11.1 Å². The highest BCUT2D eigenvalue weighted by atomic mass is 32.2. The third kappa shape index (κ3) is 3.55. The molecular formula is C11H10FNO2S. The van der Waals surface area contributed by atoms with E-state index in [9.17, 15) is 9.18 Å². The summed E-state index contributed by atoms with van der Waals surface area (Å²) in [6, 6.07) is 6.15. The summed E-state index contributed by atoms with van der Waals surface area (Å²) in [7, 11) is 1.31. The van der Waals surface area contributed by atoms with Crippen LogP contribution < -0.4 is 0 Å². The van der Waals surface area contributed by atoms with Crippen molar-refractivity contribution in [2.45, 2.75) is 5.75 Å². The number of hydrogen-bond donors (Lipinski definition) is 0. The number of ether oxygens (including phenoxy) is 1. The zero-order valence-electron chi connectivity index (χ0n) is 8.70. The van der Waals surface area contributed by atoms with E-state index in [-0.39, 0.29) is 11.7 Å². The summed E-state index contributed by atoms with van der Waals surface area (Å²) in [5.74, 6) is -0.182. The van der Waals surface area contributed by atoms with E-state index in [1.54, 1.807) is 12.1 Å². The molecule has 5 heteroatoms. The fourth-order valence-electron chi connectivity index (χ4n) is 1.04. The van der Waals surface area contributed by atoms with E-state index in [0.717, 1.165) is 0 Å². The first-order valence-corrected chi connectivity index (χ1v) is 5.66. The van der Waals surface area contributed by atoms with Gasteiger partial charge in [0, 0.05) is 5.75 Å². The average Bonchev–Trinajstić information content (AvgIpc) is 2.30. The number of thioether (sulfide) groups is 1. The van der Waals surface area contributed by atoms with Gasteiger partial charge in [0.25, 0.3) is 0 Å². The normalized spacial score (nSPS) is 9.56.